The van der Waals surface area contributed by atoms with Gasteiger partial charge in [0.1, 0.15) is 0 Å². The Labute approximate surface area is 74.7 Å². The molecule has 0 amide bonds. The van der Waals surface area contributed by atoms with Crippen molar-refractivity contribution in [1.82, 2.24) is 0 Å². The summed E-state index contributed by atoms with van der Waals surface area (Å²) in [6.45, 7) is 0. The molecule has 0 N–H and O–H groups in total. The second-order valence-corrected chi connectivity index (χ2v) is 0.250. The van der Waals surface area contributed by atoms with E-state index in [4.69, 9.17) is 9.46 Å². The molecule has 18 valence electrons. The standard InChI is InChI=1S/HO2P.Rb/c1-3-2;/h3H;/q;+1. The van der Waals surface area contributed by atoms with Crippen LogP contribution in [-0.2, 0) is 4.57 Å². The largest absolute Gasteiger partial charge is 1.00 e. The van der Waals surface area contributed by atoms with Crippen molar-refractivity contribution in [3.05, 3.63) is 0 Å². The van der Waals surface area contributed by atoms with Crippen molar-refractivity contribution in [2.24, 2.45) is 0 Å². The molecule has 2 nitrogen and oxygen atoms in total. The van der Waals surface area contributed by atoms with Gasteiger partial charge in [-0.2, -0.15) is 0 Å². The smallest absolute Gasteiger partial charge is 0.597 e. The van der Waals surface area contributed by atoms with Gasteiger partial charge in [0.2, 0.25) is 0 Å². The number of hydrogen-bond donors (Lipinski definition) is 0. The van der Waals surface area contributed by atoms with Crippen LogP contribution in [0.2, 0.25) is 0 Å². The molecule has 0 saturated heterocycles. The van der Waals surface area contributed by atoms with E-state index in [1.54, 1.807) is 0 Å². The Morgan fingerprint density at radius 2 is 1.75 bits per heavy atom. The maximum absolute atomic E-state index is 8.40. The van der Waals surface area contributed by atoms with Crippen molar-refractivity contribution in [3.63, 3.8) is 0 Å². The molecule has 0 rings (SSSR count). The second kappa shape index (κ2) is 8.85. The Hall–Kier alpha value is 1.87. The maximum Gasteiger partial charge on any atom is 1.00 e. The monoisotopic (exact) mass is 149 g/mol. The van der Waals surface area contributed by atoms with E-state index in [-0.39, 0.29) is 58.2 Å². The minimum Gasteiger partial charge on any atom is -0.597 e. The molecule has 0 aromatic carbocycles. The molecule has 0 saturated carbocycles. The van der Waals surface area contributed by atoms with Crippen LogP contribution in [0.15, 0.2) is 0 Å². The zero-order chi connectivity index (χ0) is 2.71. The number of hydrogen-bond acceptors (Lipinski definition) is 2. The summed E-state index contributed by atoms with van der Waals surface area (Å²) in [5, 5.41) is 0. The van der Waals surface area contributed by atoms with E-state index in [1.165, 1.54) is 0 Å². The third-order valence-electron chi connectivity index (χ3n) is 0. The van der Waals surface area contributed by atoms with Crippen LogP contribution in [0, 0.1) is 0 Å². The molecular weight excluding hydrogens is 148 g/mol. The van der Waals surface area contributed by atoms with Gasteiger partial charge in [0.25, 0.3) is 8.69 Å². The molecule has 0 aromatic heterocycles. The van der Waals surface area contributed by atoms with Gasteiger partial charge >= 0.3 is 58.2 Å². The van der Waals surface area contributed by atoms with Gasteiger partial charge in [-0.1, -0.05) is 4.57 Å². The topological polar surface area (TPSA) is 40.1 Å². The summed E-state index contributed by atoms with van der Waals surface area (Å²) >= 11 is 0. The summed E-state index contributed by atoms with van der Waals surface area (Å²) in [7, 11) is -1.42. The molecule has 4 heavy (non-hydrogen) atoms. The third-order valence-corrected chi connectivity index (χ3v) is 0. The molecule has 1 unspecified atom stereocenters. The predicted octanol–water partition coefficient (Wildman–Crippen LogP) is -3.71. The van der Waals surface area contributed by atoms with E-state index in [1.807, 2.05) is 0 Å². The van der Waals surface area contributed by atoms with Crippen molar-refractivity contribution in [2.45, 2.75) is 0 Å². The van der Waals surface area contributed by atoms with Crippen LogP contribution in [0.25, 0.3) is 0 Å². The minimum absolute atomic E-state index is 0. The van der Waals surface area contributed by atoms with Crippen LogP contribution in [0.5, 0.6) is 0 Å². The molecule has 4 heteroatoms. The van der Waals surface area contributed by atoms with Gasteiger partial charge in [0, 0.05) is 0 Å². The van der Waals surface area contributed by atoms with Crippen molar-refractivity contribution in [2.75, 3.05) is 0 Å². The number of rotatable bonds is 0. The first kappa shape index (κ1) is 9.29. The summed E-state index contributed by atoms with van der Waals surface area (Å²) in [6, 6.07) is 0. The molecule has 0 aromatic rings. The van der Waals surface area contributed by atoms with Crippen molar-refractivity contribution >= 4 is 8.69 Å². The van der Waals surface area contributed by atoms with E-state index in [0.717, 1.165) is 0 Å². The zero-order valence-electron chi connectivity index (χ0n) is 2.32. The Kier molecular flexibility index (Phi) is 20.6. The van der Waals surface area contributed by atoms with Gasteiger partial charge in [-0.25, -0.2) is 0 Å². The van der Waals surface area contributed by atoms with E-state index in [9.17, 15) is 0 Å². The van der Waals surface area contributed by atoms with E-state index >= 15 is 0 Å². The molecule has 0 bridgehead atoms. The van der Waals surface area contributed by atoms with Crippen LogP contribution >= 0.6 is 8.69 Å². The summed E-state index contributed by atoms with van der Waals surface area (Å²) in [6.07, 6.45) is 0. The molecule has 1 atom stereocenters. The maximum atomic E-state index is 8.40. The Morgan fingerprint density at radius 1 is 1.75 bits per heavy atom. The van der Waals surface area contributed by atoms with E-state index in [0.29, 0.717) is 0 Å². The zero-order valence-corrected chi connectivity index (χ0v) is 8.23. The van der Waals surface area contributed by atoms with Crippen LogP contribution < -0.4 is 63.1 Å². The van der Waals surface area contributed by atoms with Crippen molar-refractivity contribution < 1.29 is 67.6 Å². The minimum atomic E-state index is -1.42. The SMILES string of the molecule is O=[PH+][O-].[Rb+]. The second-order valence-electron chi connectivity index (χ2n) is 0.0833. The van der Waals surface area contributed by atoms with Gasteiger partial charge in [-0.15, -0.1) is 0 Å². The molecule has 0 fully saturated rings. The molecule has 0 aliphatic rings. The third kappa shape index (κ3) is 9.12. The fraction of sp³-hybridized carbons (Fsp3) is 0. The summed E-state index contributed by atoms with van der Waals surface area (Å²) in [5.74, 6) is 0. The first-order chi connectivity index (χ1) is 1.41. The first-order valence-electron chi connectivity index (χ1n) is 0.408. The van der Waals surface area contributed by atoms with E-state index < -0.39 is 8.69 Å². The van der Waals surface area contributed by atoms with Gasteiger partial charge in [-0.3, -0.25) is 0 Å². The van der Waals surface area contributed by atoms with Crippen LogP contribution in [0.4, 0.5) is 0 Å². The van der Waals surface area contributed by atoms with Gasteiger partial charge in [0.05, 0.1) is 0 Å². The van der Waals surface area contributed by atoms with Crippen molar-refractivity contribution in [1.29, 1.82) is 0 Å². The fourth-order valence-corrected chi connectivity index (χ4v) is 0. The van der Waals surface area contributed by atoms with Gasteiger partial charge in [0.15, 0.2) is 0 Å². The molecule has 0 heterocycles. The summed E-state index contributed by atoms with van der Waals surface area (Å²) < 4.78 is 8.40. The Morgan fingerprint density at radius 3 is 1.75 bits per heavy atom. The van der Waals surface area contributed by atoms with Crippen LogP contribution in [-0.4, -0.2) is 0 Å². The quantitative estimate of drug-likeness (QED) is 0.333. The van der Waals surface area contributed by atoms with Crippen LogP contribution in [0.1, 0.15) is 0 Å². The van der Waals surface area contributed by atoms with E-state index in [2.05, 4.69) is 0 Å². The van der Waals surface area contributed by atoms with Crippen LogP contribution in [0.3, 0.4) is 0 Å². The Bertz CT molecular complexity index is 13.5. The summed E-state index contributed by atoms with van der Waals surface area (Å²) in [5.41, 5.74) is 0. The molecular formula is HO2PRb+. The van der Waals surface area contributed by atoms with Gasteiger partial charge < -0.3 is 4.89 Å². The molecule has 0 aliphatic heterocycles. The molecule has 0 radical (unpaired) electrons. The Balaban J connectivity index is 0. The average Bonchev–Trinajstić information content (AvgIpc) is 0.918. The molecule has 0 aliphatic carbocycles. The fourth-order valence-electron chi connectivity index (χ4n) is 0. The molecule has 0 spiro atoms. The summed E-state index contributed by atoms with van der Waals surface area (Å²) in [4.78, 5) is 8.40. The normalized spacial score (nSPS) is 5.25. The predicted molar refractivity (Wildman–Crippen MR) is 9.00 cm³/mol. The van der Waals surface area contributed by atoms with Gasteiger partial charge in [-0.05, 0) is 0 Å². The average molecular weight is 149 g/mol. The first-order valence-corrected chi connectivity index (χ1v) is 1.22. The van der Waals surface area contributed by atoms with Crippen molar-refractivity contribution in [3.8, 4) is 0 Å².